The molecule has 0 heterocycles. The van der Waals surface area contributed by atoms with E-state index in [4.69, 9.17) is 4.74 Å². The molecule has 0 saturated carbocycles. The Labute approximate surface area is 130 Å². The number of hydrazone groups is 1. The molecule has 0 amide bonds. The number of rotatable bonds is 6. The van der Waals surface area contributed by atoms with Crippen molar-refractivity contribution >= 4 is 16.2 Å². The van der Waals surface area contributed by atoms with Crippen LogP contribution >= 0.6 is 0 Å². The lowest BCUT2D eigenvalue weighted by atomic mass is 10.2. The van der Waals surface area contributed by atoms with Gasteiger partial charge in [-0.05, 0) is 55.8 Å². The fourth-order valence-corrected chi connectivity index (χ4v) is 2.54. The number of benzene rings is 2. The largest absolute Gasteiger partial charge is 0.491 e. The minimum Gasteiger partial charge on any atom is -0.491 e. The van der Waals surface area contributed by atoms with Crippen LogP contribution in [0.1, 0.15) is 19.4 Å². The van der Waals surface area contributed by atoms with Crippen LogP contribution in [0, 0.1) is 0 Å². The summed E-state index contributed by atoms with van der Waals surface area (Å²) in [7, 11) is -3.63. The van der Waals surface area contributed by atoms with E-state index in [0.717, 1.165) is 11.3 Å². The second-order valence-corrected chi connectivity index (χ2v) is 6.56. The molecule has 0 spiro atoms. The lowest BCUT2D eigenvalue weighted by Gasteiger charge is -2.09. The smallest absolute Gasteiger partial charge is 0.276 e. The summed E-state index contributed by atoms with van der Waals surface area (Å²) in [5.74, 6) is 0.761. The van der Waals surface area contributed by atoms with Crippen LogP contribution in [-0.2, 0) is 10.0 Å². The SMILES string of the molecule is CC(C)Oc1ccc(C=NNS(=O)(=O)c2ccccc2)cc1. The Kier molecular flexibility index (Phi) is 5.16. The van der Waals surface area contributed by atoms with Crippen LogP contribution < -0.4 is 9.57 Å². The molecule has 0 aromatic heterocycles. The lowest BCUT2D eigenvalue weighted by molar-refractivity contribution is 0.242. The molecule has 0 radical (unpaired) electrons. The van der Waals surface area contributed by atoms with Crippen LogP contribution in [0.3, 0.4) is 0 Å². The van der Waals surface area contributed by atoms with Gasteiger partial charge in [-0.2, -0.15) is 13.5 Å². The van der Waals surface area contributed by atoms with Gasteiger partial charge in [-0.3, -0.25) is 0 Å². The standard InChI is InChI=1S/C16H18N2O3S/c1-13(2)21-15-10-8-14(9-11-15)12-17-18-22(19,20)16-6-4-3-5-7-16/h3-13,18H,1-2H3. The summed E-state index contributed by atoms with van der Waals surface area (Å²) < 4.78 is 29.4. The number of hydrogen-bond donors (Lipinski definition) is 1. The summed E-state index contributed by atoms with van der Waals surface area (Å²) in [6, 6.07) is 15.3. The Hall–Kier alpha value is -2.34. The summed E-state index contributed by atoms with van der Waals surface area (Å²) >= 11 is 0. The first-order chi connectivity index (χ1) is 10.5. The van der Waals surface area contributed by atoms with Crippen molar-refractivity contribution in [2.24, 2.45) is 5.10 Å². The van der Waals surface area contributed by atoms with Gasteiger partial charge in [0.2, 0.25) is 0 Å². The molecule has 0 unspecified atom stereocenters. The minimum absolute atomic E-state index is 0.109. The van der Waals surface area contributed by atoms with E-state index in [9.17, 15) is 8.42 Å². The molecule has 0 fully saturated rings. The quantitative estimate of drug-likeness (QED) is 0.658. The number of nitrogens with zero attached hydrogens (tertiary/aromatic N) is 1. The van der Waals surface area contributed by atoms with Crippen LogP contribution in [0.4, 0.5) is 0 Å². The highest BCUT2D eigenvalue weighted by atomic mass is 32.2. The second kappa shape index (κ2) is 7.09. The predicted molar refractivity (Wildman–Crippen MR) is 86.6 cm³/mol. The zero-order chi connectivity index (χ0) is 16.0. The van der Waals surface area contributed by atoms with Crippen molar-refractivity contribution in [3.05, 3.63) is 60.2 Å². The van der Waals surface area contributed by atoms with E-state index >= 15 is 0 Å². The van der Waals surface area contributed by atoms with Crippen molar-refractivity contribution in [3.8, 4) is 5.75 Å². The average Bonchev–Trinajstić information content (AvgIpc) is 2.49. The van der Waals surface area contributed by atoms with Crippen molar-refractivity contribution in [3.63, 3.8) is 0 Å². The van der Waals surface area contributed by atoms with Crippen LogP contribution in [0.25, 0.3) is 0 Å². The van der Waals surface area contributed by atoms with E-state index in [1.165, 1.54) is 18.3 Å². The molecule has 0 aliphatic heterocycles. The van der Waals surface area contributed by atoms with Gasteiger partial charge < -0.3 is 4.74 Å². The molecule has 116 valence electrons. The summed E-state index contributed by atoms with van der Waals surface area (Å²) in [6.07, 6.45) is 1.55. The van der Waals surface area contributed by atoms with E-state index in [0.29, 0.717) is 0 Å². The Morgan fingerprint density at radius 1 is 1.05 bits per heavy atom. The summed E-state index contributed by atoms with van der Waals surface area (Å²) in [4.78, 5) is 2.35. The maximum absolute atomic E-state index is 12.0. The van der Waals surface area contributed by atoms with Crippen LogP contribution in [0.2, 0.25) is 0 Å². The van der Waals surface area contributed by atoms with Gasteiger partial charge in [0.1, 0.15) is 5.75 Å². The Bertz CT molecular complexity index is 724. The number of sulfonamides is 1. The highest BCUT2D eigenvalue weighted by molar-refractivity contribution is 7.89. The summed E-state index contributed by atoms with van der Waals surface area (Å²) in [6.45, 7) is 3.90. The van der Waals surface area contributed by atoms with Gasteiger partial charge in [0, 0.05) is 0 Å². The molecule has 2 aromatic rings. The van der Waals surface area contributed by atoms with Gasteiger partial charge >= 0.3 is 0 Å². The fraction of sp³-hybridized carbons (Fsp3) is 0.188. The molecule has 2 aromatic carbocycles. The minimum atomic E-state index is -3.63. The number of ether oxygens (including phenoxy) is 1. The molecule has 0 aliphatic rings. The van der Waals surface area contributed by atoms with Gasteiger partial charge in [-0.25, -0.2) is 4.83 Å². The van der Waals surface area contributed by atoms with E-state index < -0.39 is 10.0 Å². The first-order valence-electron chi connectivity index (χ1n) is 6.84. The number of hydrogen-bond acceptors (Lipinski definition) is 4. The molecular weight excluding hydrogens is 300 g/mol. The third-order valence-electron chi connectivity index (χ3n) is 2.69. The van der Waals surface area contributed by atoms with Crippen molar-refractivity contribution in [2.75, 3.05) is 0 Å². The second-order valence-electron chi connectivity index (χ2n) is 4.90. The first-order valence-corrected chi connectivity index (χ1v) is 8.32. The topological polar surface area (TPSA) is 67.8 Å². The maximum atomic E-state index is 12.0. The van der Waals surface area contributed by atoms with E-state index in [1.807, 2.05) is 26.0 Å². The highest BCUT2D eigenvalue weighted by Crippen LogP contribution is 2.13. The van der Waals surface area contributed by atoms with Crippen molar-refractivity contribution in [1.82, 2.24) is 4.83 Å². The molecule has 22 heavy (non-hydrogen) atoms. The lowest BCUT2D eigenvalue weighted by Crippen LogP contribution is -2.18. The third-order valence-corrected chi connectivity index (χ3v) is 3.93. The van der Waals surface area contributed by atoms with Gasteiger partial charge in [0.05, 0.1) is 17.2 Å². The first kappa shape index (κ1) is 16.0. The van der Waals surface area contributed by atoms with Gasteiger partial charge in [0.25, 0.3) is 10.0 Å². The molecule has 6 heteroatoms. The fourth-order valence-electron chi connectivity index (χ4n) is 1.73. The maximum Gasteiger partial charge on any atom is 0.276 e. The number of nitrogens with one attached hydrogen (secondary N) is 1. The molecule has 2 rings (SSSR count). The zero-order valence-corrected chi connectivity index (χ0v) is 13.2. The van der Waals surface area contributed by atoms with Gasteiger partial charge in [-0.1, -0.05) is 18.2 Å². The monoisotopic (exact) mass is 318 g/mol. The van der Waals surface area contributed by atoms with Crippen LogP contribution in [-0.4, -0.2) is 20.7 Å². The molecule has 0 saturated heterocycles. The van der Waals surface area contributed by atoms with Crippen LogP contribution in [0.5, 0.6) is 5.75 Å². The highest BCUT2D eigenvalue weighted by Gasteiger charge is 2.10. The van der Waals surface area contributed by atoms with E-state index in [-0.39, 0.29) is 11.0 Å². The molecule has 0 aliphatic carbocycles. The molecule has 0 atom stereocenters. The normalized spacial score (nSPS) is 11.8. The van der Waals surface area contributed by atoms with Gasteiger partial charge in [-0.15, -0.1) is 0 Å². The third kappa shape index (κ3) is 4.60. The molecule has 5 nitrogen and oxygen atoms in total. The Morgan fingerprint density at radius 3 is 2.27 bits per heavy atom. The van der Waals surface area contributed by atoms with Crippen molar-refractivity contribution in [2.45, 2.75) is 24.8 Å². The van der Waals surface area contributed by atoms with Gasteiger partial charge in [0.15, 0.2) is 0 Å². The Morgan fingerprint density at radius 2 is 1.68 bits per heavy atom. The van der Waals surface area contributed by atoms with E-state index in [1.54, 1.807) is 30.3 Å². The molecule has 0 bridgehead atoms. The van der Waals surface area contributed by atoms with E-state index in [2.05, 4.69) is 9.93 Å². The van der Waals surface area contributed by atoms with Crippen molar-refractivity contribution in [1.29, 1.82) is 0 Å². The van der Waals surface area contributed by atoms with Crippen molar-refractivity contribution < 1.29 is 13.2 Å². The zero-order valence-electron chi connectivity index (χ0n) is 12.4. The Balaban J connectivity index is 2.00. The summed E-state index contributed by atoms with van der Waals surface area (Å²) in [5, 5.41) is 3.78. The van der Waals surface area contributed by atoms with Crippen LogP contribution in [0.15, 0.2) is 64.6 Å². The predicted octanol–water partition coefficient (Wildman–Crippen LogP) is 2.79. The molecule has 1 N–H and O–H groups in total. The average molecular weight is 318 g/mol. The summed E-state index contributed by atoms with van der Waals surface area (Å²) in [5.41, 5.74) is 0.770. The molecular formula is C16H18N2O3S.